The minimum absolute atomic E-state index is 0.102. The molecule has 1 fully saturated rings. The molecule has 7 heteroatoms. The van der Waals surface area contributed by atoms with E-state index in [2.05, 4.69) is 20.8 Å². The van der Waals surface area contributed by atoms with Gasteiger partial charge < -0.3 is 10.6 Å². The molecule has 0 saturated carbocycles. The fourth-order valence-electron chi connectivity index (χ4n) is 2.17. The highest BCUT2D eigenvalue weighted by Gasteiger charge is 2.30. The molecule has 2 aromatic carbocycles. The van der Waals surface area contributed by atoms with E-state index in [4.69, 9.17) is 0 Å². The Labute approximate surface area is 149 Å². The van der Waals surface area contributed by atoms with Crippen molar-refractivity contribution in [1.82, 2.24) is 5.32 Å². The van der Waals surface area contributed by atoms with Gasteiger partial charge in [-0.15, -0.1) is 5.10 Å². The zero-order valence-electron chi connectivity index (χ0n) is 13.3. The van der Waals surface area contributed by atoms with E-state index in [1.807, 2.05) is 48.5 Å². The molecule has 2 N–H and O–H groups in total. The maximum atomic E-state index is 12.3. The first-order valence-corrected chi connectivity index (χ1v) is 8.57. The highest BCUT2D eigenvalue weighted by atomic mass is 32.2. The van der Waals surface area contributed by atoms with Crippen LogP contribution in [0.4, 0.5) is 5.69 Å². The fourth-order valence-corrected chi connectivity index (χ4v) is 3.11. The molecule has 2 amide bonds. The van der Waals surface area contributed by atoms with Crippen LogP contribution in [0.15, 0.2) is 70.9 Å². The van der Waals surface area contributed by atoms with Crippen molar-refractivity contribution >= 4 is 40.6 Å². The SMILES string of the molecule is O=C1C[C@@H](C(=O)Nc2ccccc2)S/C(=N/N=C\c2ccccc2)N1. The average molecular weight is 352 g/mol. The molecule has 0 spiro atoms. The van der Waals surface area contributed by atoms with Crippen molar-refractivity contribution in [2.45, 2.75) is 11.7 Å². The fraction of sp³-hybridized carbons (Fsp3) is 0.111. The average Bonchev–Trinajstić information content (AvgIpc) is 2.63. The Hall–Kier alpha value is -2.93. The number of benzene rings is 2. The normalized spacial score (nSPS) is 19.0. The third-order valence-corrected chi connectivity index (χ3v) is 4.43. The molecule has 1 saturated heterocycles. The number of carbonyl (C=O) groups excluding carboxylic acids is 2. The Morgan fingerprint density at radius 2 is 1.80 bits per heavy atom. The van der Waals surface area contributed by atoms with E-state index >= 15 is 0 Å². The van der Waals surface area contributed by atoms with E-state index in [9.17, 15) is 9.59 Å². The molecule has 0 aliphatic carbocycles. The third kappa shape index (κ3) is 5.02. The van der Waals surface area contributed by atoms with Crippen LogP contribution in [0.25, 0.3) is 0 Å². The molecule has 1 heterocycles. The summed E-state index contributed by atoms with van der Waals surface area (Å²) < 4.78 is 0. The van der Waals surface area contributed by atoms with Gasteiger partial charge in [-0.3, -0.25) is 9.59 Å². The van der Waals surface area contributed by atoms with Gasteiger partial charge in [-0.05, 0) is 17.7 Å². The number of carbonyl (C=O) groups is 2. The lowest BCUT2D eigenvalue weighted by Crippen LogP contribution is -2.41. The summed E-state index contributed by atoms with van der Waals surface area (Å²) in [5.41, 5.74) is 1.59. The lowest BCUT2D eigenvalue weighted by atomic mass is 10.2. The number of para-hydroxylation sites is 1. The van der Waals surface area contributed by atoms with Crippen LogP contribution in [-0.4, -0.2) is 28.4 Å². The Kier molecular flexibility index (Phi) is 5.58. The molecule has 3 rings (SSSR count). The minimum Gasteiger partial charge on any atom is -0.325 e. The maximum Gasteiger partial charge on any atom is 0.238 e. The summed E-state index contributed by atoms with van der Waals surface area (Å²) in [4.78, 5) is 24.2. The first kappa shape index (κ1) is 16.9. The second kappa shape index (κ2) is 8.25. The molecule has 6 nitrogen and oxygen atoms in total. The number of nitrogens with zero attached hydrogens (tertiary/aromatic N) is 2. The lowest BCUT2D eigenvalue weighted by Gasteiger charge is -2.21. The number of nitrogens with one attached hydrogen (secondary N) is 2. The number of amidine groups is 1. The molecule has 1 aliphatic heterocycles. The van der Waals surface area contributed by atoms with Gasteiger partial charge in [-0.2, -0.15) is 5.10 Å². The van der Waals surface area contributed by atoms with Crippen LogP contribution in [0.2, 0.25) is 0 Å². The largest absolute Gasteiger partial charge is 0.325 e. The highest BCUT2D eigenvalue weighted by Crippen LogP contribution is 2.22. The zero-order chi connectivity index (χ0) is 17.5. The molecular weight excluding hydrogens is 336 g/mol. The standard InChI is InChI=1S/C18H16N4O2S/c23-16-11-15(17(24)20-14-9-5-2-6-10-14)25-18(21-16)22-19-12-13-7-3-1-4-8-13/h1-10,12,15H,11H2,(H,20,24)(H,21,22,23)/b19-12-/t15-/m0/s1. The van der Waals surface area contributed by atoms with Crippen molar-refractivity contribution < 1.29 is 9.59 Å². The van der Waals surface area contributed by atoms with Crippen LogP contribution in [0.1, 0.15) is 12.0 Å². The zero-order valence-corrected chi connectivity index (χ0v) is 14.1. The van der Waals surface area contributed by atoms with Gasteiger partial charge in [0.05, 0.1) is 6.21 Å². The molecular formula is C18H16N4O2S. The second-order valence-corrected chi connectivity index (χ2v) is 6.47. The van der Waals surface area contributed by atoms with Crippen LogP contribution in [0.5, 0.6) is 0 Å². The van der Waals surface area contributed by atoms with Crippen molar-refractivity contribution in [3.05, 3.63) is 66.2 Å². The predicted molar refractivity (Wildman–Crippen MR) is 101 cm³/mol. The van der Waals surface area contributed by atoms with E-state index in [0.717, 1.165) is 5.56 Å². The molecule has 0 aromatic heterocycles. The van der Waals surface area contributed by atoms with Crippen LogP contribution in [0, 0.1) is 0 Å². The number of rotatable bonds is 4. The molecule has 2 aromatic rings. The van der Waals surface area contributed by atoms with E-state index in [-0.39, 0.29) is 18.2 Å². The van der Waals surface area contributed by atoms with Gasteiger partial charge in [0.25, 0.3) is 0 Å². The summed E-state index contributed by atoms with van der Waals surface area (Å²) in [6.07, 6.45) is 1.69. The smallest absolute Gasteiger partial charge is 0.238 e. The Morgan fingerprint density at radius 3 is 2.52 bits per heavy atom. The number of amides is 2. The lowest BCUT2D eigenvalue weighted by molar-refractivity contribution is -0.123. The highest BCUT2D eigenvalue weighted by molar-refractivity contribution is 8.15. The summed E-state index contributed by atoms with van der Waals surface area (Å²) in [5.74, 6) is -0.480. The van der Waals surface area contributed by atoms with Crippen molar-refractivity contribution in [2.75, 3.05) is 5.32 Å². The van der Waals surface area contributed by atoms with Crippen molar-refractivity contribution in [3.63, 3.8) is 0 Å². The van der Waals surface area contributed by atoms with Gasteiger partial charge in [0, 0.05) is 12.1 Å². The van der Waals surface area contributed by atoms with Crippen LogP contribution >= 0.6 is 11.8 Å². The predicted octanol–water partition coefficient (Wildman–Crippen LogP) is 2.64. The second-order valence-electron chi connectivity index (χ2n) is 5.27. The summed E-state index contributed by atoms with van der Waals surface area (Å²) in [6.45, 7) is 0. The van der Waals surface area contributed by atoms with Crippen LogP contribution in [-0.2, 0) is 9.59 Å². The molecule has 1 atom stereocenters. The van der Waals surface area contributed by atoms with Crippen molar-refractivity contribution in [2.24, 2.45) is 10.2 Å². The van der Waals surface area contributed by atoms with E-state index in [0.29, 0.717) is 10.9 Å². The van der Waals surface area contributed by atoms with E-state index in [1.165, 1.54) is 11.8 Å². The molecule has 0 radical (unpaired) electrons. The number of thioether (sulfide) groups is 1. The maximum absolute atomic E-state index is 12.3. The Morgan fingerprint density at radius 1 is 1.12 bits per heavy atom. The van der Waals surface area contributed by atoms with Crippen molar-refractivity contribution in [1.29, 1.82) is 0 Å². The summed E-state index contributed by atoms with van der Waals surface area (Å²) >= 11 is 1.19. The first-order chi connectivity index (χ1) is 12.2. The van der Waals surface area contributed by atoms with Crippen molar-refractivity contribution in [3.8, 4) is 0 Å². The monoisotopic (exact) mass is 352 g/mol. The molecule has 0 unspecified atom stereocenters. The van der Waals surface area contributed by atoms with E-state index in [1.54, 1.807) is 18.3 Å². The van der Waals surface area contributed by atoms with Gasteiger partial charge in [0.15, 0.2) is 5.17 Å². The van der Waals surface area contributed by atoms with Gasteiger partial charge in [0.2, 0.25) is 11.8 Å². The van der Waals surface area contributed by atoms with Gasteiger partial charge in [-0.1, -0.05) is 60.3 Å². The number of hydrogen-bond donors (Lipinski definition) is 2. The van der Waals surface area contributed by atoms with Gasteiger partial charge in [0.1, 0.15) is 5.25 Å². The van der Waals surface area contributed by atoms with Crippen LogP contribution in [0.3, 0.4) is 0 Å². The Bertz CT molecular complexity index is 806. The summed E-state index contributed by atoms with van der Waals surface area (Å²) in [5, 5.41) is 13.2. The topological polar surface area (TPSA) is 82.9 Å². The molecule has 1 aliphatic rings. The summed E-state index contributed by atoms with van der Waals surface area (Å²) in [6, 6.07) is 18.6. The first-order valence-electron chi connectivity index (χ1n) is 7.69. The third-order valence-electron chi connectivity index (χ3n) is 3.36. The number of anilines is 1. The molecule has 25 heavy (non-hydrogen) atoms. The quantitative estimate of drug-likeness (QED) is 0.655. The molecule has 126 valence electrons. The molecule has 0 bridgehead atoms. The van der Waals surface area contributed by atoms with E-state index < -0.39 is 5.25 Å². The Balaban J connectivity index is 1.64. The van der Waals surface area contributed by atoms with Gasteiger partial charge >= 0.3 is 0 Å². The number of hydrogen-bond acceptors (Lipinski definition) is 5. The van der Waals surface area contributed by atoms with Gasteiger partial charge in [-0.25, -0.2) is 0 Å². The summed E-state index contributed by atoms with van der Waals surface area (Å²) in [7, 11) is 0. The minimum atomic E-state index is -0.542. The van der Waals surface area contributed by atoms with Crippen LogP contribution < -0.4 is 10.6 Å².